The summed E-state index contributed by atoms with van der Waals surface area (Å²) in [6.07, 6.45) is 1.98. The highest BCUT2D eigenvalue weighted by Gasteiger charge is 2.28. The molecule has 0 spiro atoms. The molecular formula is C16H31N3O3. The Morgan fingerprint density at radius 3 is 2.18 bits per heavy atom. The molecule has 0 radical (unpaired) electrons. The third-order valence-corrected chi connectivity index (χ3v) is 3.75. The van der Waals surface area contributed by atoms with E-state index in [0.717, 1.165) is 32.5 Å². The number of primary amides is 1. The number of nitrogens with zero attached hydrogens (tertiary/aromatic N) is 1. The average Bonchev–Trinajstić information content (AvgIpc) is 2.33. The second-order valence-electron chi connectivity index (χ2n) is 7.82. The number of piperidine rings is 1. The molecule has 6 heteroatoms. The molecule has 0 saturated carbocycles. The summed E-state index contributed by atoms with van der Waals surface area (Å²) < 4.78 is 5.39. The van der Waals surface area contributed by atoms with Gasteiger partial charge in [0.05, 0.1) is 0 Å². The van der Waals surface area contributed by atoms with Gasteiger partial charge < -0.3 is 20.7 Å². The first kappa shape index (κ1) is 18.7. The molecule has 0 atom stereocenters. The predicted octanol–water partition coefficient (Wildman–Crippen LogP) is 1.88. The molecule has 0 aromatic rings. The van der Waals surface area contributed by atoms with Crippen LogP contribution in [0, 0.1) is 5.92 Å². The molecule has 1 saturated heterocycles. The first-order chi connectivity index (χ1) is 9.98. The van der Waals surface area contributed by atoms with Crippen LogP contribution in [0.1, 0.15) is 53.9 Å². The van der Waals surface area contributed by atoms with Crippen molar-refractivity contribution in [2.75, 3.05) is 19.6 Å². The molecule has 2 amide bonds. The van der Waals surface area contributed by atoms with Gasteiger partial charge in [0.15, 0.2) is 0 Å². The summed E-state index contributed by atoms with van der Waals surface area (Å²) in [6.45, 7) is 11.9. The van der Waals surface area contributed by atoms with Gasteiger partial charge in [-0.15, -0.1) is 0 Å². The SMILES string of the molecule is CC(C)(CC(N)=O)NCC1CCN(C(=O)OC(C)(C)C)CC1. The molecule has 0 aliphatic carbocycles. The minimum absolute atomic E-state index is 0.229. The molecule has 6 nitrogen and oxygen atoms in total. The number of rotatable bonds is 5. The van der Waals surface area contributed by atoms with Gasteiger partial charge in [0.25, 0.3) is 0 Å². The second-order valence-corrected chi connectivity index (χ2v) is 7.82. The molecule has 0 aromatic heterocycles. The molecule has 0 aromatic carbocycles. The van der Waals surface area contributed by atoms with Crippen molar-refractivity contribution in [3.05, 3.63) is 0 Å². The average molecular weight is 313 g/mol. The van der Waals surface area contributed by atoms with Crippen LogP contribution in [-0.2, 0) is 9.53 Å². The van der Waals surface area contributed by atoms with E-state index in [0.29, 0.717) is 12.3 Å². The molecule has 22 heavy (non-hydrogen) atoms. The Labute approximate surface area is 133 Å². The lowest BCUT2D eigenvalue weighted by atomic mass is 9.94. The van der Waals surface area contributed by atoms with Crippen molar-refractivity contribution in [2.45, 2.75) is 65.0 Å². The number of carbonyl (C=O) groups excluding carboxylic acids is 2. The van der Waals surface area contributed by atoms with E-state index in [1.807, 2.05) is 34.6 Å². The van der Waals surface area contributed by atoms with E-state index in [1.165, 1.54) is 0 Å². The monoisotopic (exact) mass is 313 g/mol. The number of ether oxygens (including phenoxy) is 1. The van der Waals surface area contributed by atoms with E-state index >= 15 is 0 Å². The minimum Gasteiger partial charge on any atom is -0.444 e. The van der Waals surface area contributed by atoms with E-state index in [4.69, 9.17) is 10.5 Å². The second kappa shape index (κ2) is 7.31. The lowest BCUT2D eigenvalue weighted by molar-refractivity contribution is -0.119. The van der Waals surface area contributed by atoms with Crippen LogP contribution < -0.4 is 11.1 Å². The highest BCUT2D eigenvalue weighted by Crippen LogP contribution is 2.20. The first-order valence-electron chi connectivity index (χ1n) is 8.00. The summed E-state index contributed by atoms with van der Waals surface area (Å²) in [6, 6.07) is 0. The molecule has 1 heterocycles. The molecular weight excluding hydrogens is 282 g/mol. The van der Waals surface area contributed by atoms with Crippen molar-refractivity contribution in [3.8, 4) is 0 Å². The summed E-state index contributed by atoms with van der Waals surface area (Å²) in [4.78, 5) is 24.8. The van der Waals surface area contributed by atoms with Gasteiger partial charge in [0.2, 0.25) is 5.91 Å². The predicted molar refractivity (Wildman–Crippen MR) is 86.4 cm³/mol. The van der Waals surface area contributed by atoms with E-state index in [1.54, 1.807) is 4.90 Å². The van der Waals surface area contributed by atoms with Crippen molar-refractivity contribution < 1.29 is 14.3 Å². The number of amides is 2. The van der Waals surface area contributed by atoms with Gasteiger partial charge >= 0.3 is 6.09 Å². The minimum atomic E-state index is -0.450. The third-order valence-electron chi connectivity index (χ3n) is 3.75. The van der Waals surface area contributed by atoms with Crippen LogP contribution in [-0.4, -0.2) is 47.7 Å². The number of hydrogen-bond acceptors (Lipinski definition) is 4. The molecule has 1 fully saturated rings. The zero-order valence-corrected chi connectivity index (χ0v) is 14.6. The van der Waals surface area contributed by atoms with E-state index in [2.05, 4.69) is 5.32 Å². The first-order valence-corrected chi connectivity index (χ1v) is 8.00. The Kier molecular flexibility index (Phi) is 6.23. The maximum Gasteiger partial charge on any atom is 0.410 e. The molecule has 0 unspecified atom stereocenters. The lowest BCUT2D eigenvalue weighted by Crippen LogP contribution is -2.47. The Balaban J connectivity index is 2.34. The van der Waals surface area contributed by atoms with Crippen molar-refractivity contribution in [2.24, 2.45) is 11.7 Å². The number of hydrogen-bond donors (Lipinski definition) is 2. The normalized spacial score (nSPS) is 17.4. The Bertz CT molecular complexity index is 394. The van der Waals surface area contributed by atoms with Crippen molar-refractivity contribution >= 4 is 12.0 Å². The Morgan fingerprint density at radius 1 is 1.18 bits per heavy atom. The fourth-order valence-corrected chi connectivity index (χ4v) is 2.56. The van der Waals surface area contributed by atoms with E-state index in [-0.39, 0.29) is 17.5 Å². The van der Waals surface area contributed by atoms with Gasteiger partial charge in [-0.05, 0) is 59.9 Å². The largest absolute Gasteiger partial charge is 0.444 e. The molecule has 128 valence electrons. The van der Waals surface area contributed by atoms with Gasteiger partial charge in [0.1, 0.15) is 5.60 Å². The highest BCUT2D eigenvalue weighted by atomic mass is 16.6. The number of nitrogens with two attached hydrogens (primary N) is 1. The van der Waals surface area contributed by atoms with Gasteiger partial charge in [-0.1, -0.05) is 0 Å². The van der Waals surface area contributed by atoms with Gasteiger partial charge in [-0.25, -0.2) is 4.79 Å². The maximum atomic E-state index is 12.0. The van der Waals surface area contributed by atoms with Crippen LogP contribution in [0.3, 0.4) is 0 Å². The summed E-state index contributed by atoms with van der Waals surface area (Å²) in [5.41, 5.74) is 4.52. The zero-order valence-electron chi connectivity index (χ0n) is 14.6. The van der Waals surface area contributed by atoms with Crippen LogP contribution >= 0.6 is 0 Å². The topological polar surface area (TPSA) is 84.7 Å². The summed E-state index contributed by atoms with van der Waals surface area (Å²) >= 11 is 0. The number of carbonyl (C=O) groups is 2. The third kappa shape index (κ3) is 7.11. The zero-order chi connectivity index (χ0) is 17.0. The van der Waals surface area contributed by atoms with E-state index < -0.39 is 5.60 Å². The number of nitrogens with one attached hydrogen (secondary N) is 1. The summed E-state index contributed by atoms with van der Waals surface area (Å²) in [7, 11) is 0. The van der Waals surface area contributed by atoms with Crippen molar-refractivity contribution in [1.29, 1.82) is 0 Å². The molecule has 1 aliphatic heterocycles. The molecule has 1 rings (SSSR count). The van der Waals surface area contributed by atoms with Crippen LogP contribution in [0.2, 0.25) is 0 Å². The fourth-order valence-electron chi connectivity index (χ4n) is 2.56. The van der Waals surface area contributed by atoms with Crippen LogP contribution in [0.5, 0.6) is 0 Å². The van der Waals surface area contributed by atoms with E-state index in [9.17, 15) is 9.59 Å². The van der Waals surface area contributed by atoms with Crippen LogP contribution in [0.25, 0.3) is 0 Å². The molecule has 0 bridgehead atoms. The van der Waals surface area contributed by atoms with Crippen molar-refractivity contribution in [1.82, 2.24) is 10.2 Å². The lowest BCUT2D eigenvalue weighted by Gasteiger charge is -2.35. The summed E-state index contributed by atoms with van der Waals surface area (Å²) in [5.74, 6) is 0.211. The Morgan fingerprint density at radius 2 is 1.73 bits per heavy atom. The van der Waals surface area contributed by atoms with Crippen LogP contribution in [0.4, 0.5) is 4.79 Å². The fraction of sp³-hybridized carbons (Fsp3) is 0.875. The Hall–Kier alpha value is -1.30. The smallest absolute Gasteiger partial charge is 0.410 e. The highest BCUT2D eigenvalue weighted by molar-refractivity contribution is 5.75. The summed E-state index contributed by atoms with van der Waals surface area (Å²) in [5, 5.41) is 3.41. The standard InChI is InChI=1S/C16H31N3O3/c1-15(2,3)22-14(21)19-8-6-12(7-9-19)11-18-16(4,5)10-13(17)20/h12,18H,6-11H2,1-5H3,(H2,17,20). The van der Waals surface area contributed by atoms with Crippen LogP contribution in [0.15, 0.2) is 0 Å². The van der Waals surface area contributed by atoms with Gasteiger partial charge in [-0.3, -0.25) is 4.79 Å². The molecule has 3 N–H and O–H groups in total. The molecule has 1 aliphatic rings. The quantitative estimate of drug-likeness (QED) is 0.811. The van der Waals surface area contributed by atoms with Gasteiger partial charge in [0, 0.05) is 25.0 Å². The van der Waals surface area contributed by atoms with Gasteiger partial charge in [-0.2, -0.15) is 0 Å². The number of likely N-dealkylation sites (tertiary alicyclic amines) is 1. The maximum absolute atomic E-state index is 12.0. The van der Waals surface area contributed by atoms with Crippen molar-refractivity contribution in [3.63, 3.8) is 0 Å².